The fraction of sp³-hybridized carbons (Fsp3) is 0.258. The zero-order valence-electron chi connectivity index (χ0n) is 24.9. The van der Waals surface area contributed by atoms with Gasteiger partial charge >= 0.3 is 12.4 Å². The van der Waals surface area contributed by atoms with Gasteiger partial charge in [-0.15, -0.1) is 18.3 Å². The summed E-state index contributed by atoms with van der Waals surface area (Å²) in [6, 6.07) is 17.1. The van der Waals surface area contributed by atoms with Gasteiger partial charge in [0.1, 0.15) is 23.9 Å². The van der Waals surface area contributed by atoms with Gasteiger partial charge in [-0.05, 0) is 54.8 Å². The molecule has 0 aliphatic carbocycles. The smallest absolute Gasteiger partial charge is 0.497 e. The van der Waals surface area contributed by atoms with Crippen molar-refractivity contribution in [1.82, 2.24) is 20.2 Å². The fourth-order valence-electron chi connectivity index (χ4n) is 4.58. The van der Waals surface area contributed by atoms with Crippen molar-refractivity contribution >= 4 is 34.6 Å². The minimum atomic E-state index is -4.77. The molecule has 1 atom stereocenters. The number of benzene rings is 3. The van der Waals surface area contributed by atoms with Crippen LogP contribution >= 0.6 is 11.8 Å². The summed E-state index contributed by atoms with van der Waals surface area (Å²) < 4.78 is 47.9. The number of aryl methyl sites for hydroxylation is 1. The highest BCUT2D eigenvalue weighted by Gasteiger charge is 2.33. The lowest BCUT2D eigenvalue weighted by atomic mass is 10.1. The number of aliphatic imine (C=N–C) groups is 1. The lowest BCUT2D eigenvalue weighted by Gasteiger charge is -2.20. The van der Waals surface area contributed by atoms with E-state index < -0.39 is 18.5 Å². The predicted octanol–water partition coefficient (Wildman–Crippen LogP) is 6.63. The number of methoxy groups -OCH3 is 1. The number of urea groups is 1. The number of hydrogen-bond donors (Lipinski definition) is 1. The van der Waals surface area contributed by atoms with E-state index in [-0.39, 0.29) is 22.6 Å². The molecular weight excluding hydrogens is 625 g/mol. The highest BCUT2D eigenvalue weighted by atomic mass is 32.2. The molecular formula is C31H29F3N6O5S. The number of halogens is 3. The molecule has 240 valence electrons. The number of ether oxygens (including phenoxy) is 2. The van der Waals surface area contributed by atoms with Crippen molar-refractivity contribution in [1.29, 1.82) is 0 Å². The van der Waals surface area contributed by atoms with E-state index in [4.69, 9.17) is 9.57 Å². The number of aromatic nitrogens is 3. The Morgan fingerprint density at radius 2 is 1.80 bits per heavy atom. The molecule has 0 spiro atoms. The summed E-state index contributed by atoms with van der Waals surface area (Å²) >= 11 is 1.16. The van der Waals surface area contributed by atoms with E-state index in [0.29, 0.717) is 28.5 Å². The van der Waals surface area contributed by atoms with E-state index in [1.165, 1.54) is 40.2 Å². The van der Waals surface area contributed by atoms with Gasteiger partial charge in [-0.1, -0.05) is 55.4 Å². The van der Waals surface area contributed by atoms with E-state index in [9.17, 15) is 22.8 Å². The second-order valence-corrected chi connectivity index (χ2v) is 10.9. The average Bonchev–Trinajstić information content (AvgIpc) is 3.67. The molecule has 0 radical (unpaired) electrons. The quantitative estimate of drug-likeness (QED) is 0.189. The first-order valence-electron chi connectivity index (χ1n) is 14.1. The van der Waals surface area contributed by atoms with Gasteiger partial charge in [0.2, 0.25) is 5.91 Å². The molecule has 0 bridgehead atoms. The van der Waals surface area contributed by atoms with Crippen molar-refractivity contribution in [3.8, 4) is 28.6 Å². The molecule has 3 aromatic carbocycles. The third-order valence-corrected chi connectivity index (χ3v) is 7.73. The van der Waals surface area contributed by atoms with Gasteiger partial charge in [0.25, 0.3) is 0 Å². The summed E-state index contributed by atoms with van der Waals surface area (Å²) in [6.45, 7) is 3.79. The molecule has 1 fully saturated rings. The van der Waals surface area contributed by atoms with Crippen molar-refractivity contribution in [3.63, 3.8) is 0 Å². The number of nitrogens with one attached hydrogen (secondary N) is 1. The van der Waals surface area contributed by atoms with Gasteiger partial charge in [-0.3, -0.25) is 14.5 Å². The summed E-state index contributed by atoms with van der Waals surface area (Å²) in [4.78, 5) is 40.9. The first kappa shape index (κ1) is 32.5. The molecule has 4 aromatic rings. The second-order valence-electron chi connectivity index (χ2n) is 10.0. The summed E-state index contributed by atoms with van der Waals surface area (Å²) in [5.74, 6) is 0.601. The van der Waals surface area contributed by atoms with Gasteiger partial charge in [0.15, 0.2) is 11.0 Å². The van der Waals surface area contributed by atoms with Crippen molar-refractivity contribution in [2.24, 2.45) is 4.99 Å². The van der Waals surface area contributed by atoms with Gasteiger partial charge in [-0.25, -0.2) is 19.9 Å². The minimum absolute atomic E-state index is 0.148. The number of hydroxylamine groups is 1. The maximum atomic E-state index is 12.8. The van der Waals surface area contributed by atoms with E-state index >= 15 is 0 Å². The first-order chi connectivity index (χ1) is 22.0. The molecule has 1 unspecified atom stereocenters. The molecule has 0 saturated carbocycles. The number of hydrogen-bond acceptors (Lipinski definition) is 8. The lowest BCUT2D eigenvalue weighted by molar-refractivity contribution is -0.274. The Balaban J connectivity index is 1.20. The molecule has 5 rings (SSSR count). The van der Waals surface area contributed by atoms with Crippen molar-refractivity contribution in [2.45, 2.75) is 39.2 Å². The van der Waals surface area contributed by atoms with Crippen LogP contribution in [0.4, 0.5) is 23.7 Å². The zero-order chi connectivity index (χ0) is 32.8. The van der Waals surface area contributed by atoms with E-state index in [0.717, 1.165) is 35.7 Å². The Kier molecular flexibility index (Phi) is 9.92. The minimum Gasteiger partial charge on any atom is -0.497 e. The predicted molar refractivity (Wildman–Crippen MR) is 166 cm³/mol. The van der Waals surface area contributed by atoms with Crippen LogP contribution in [0.2, 0.25) is 0 Å². The Morgan fingerprint density at radius 3 is 2.48 bits per heavy atom. The molecule has 3 amide bonds. The van der Waals surface area contributed by atoms with Crippen LogP contribution in [0.1, 0.15) is 37.5 Å². The molecule has 11 nitrogen and oxygen atoms in total. The topological polar surface area (TPSA) is 120 Å². The largest absolute Gasteiger partial charge is 0.573 e. The number of amides is 3. The summed E-state index contributed by atoms with van der Waals surface area (Å²) in [7, 11) is 1.55. The van der Waals surface area contributed by atoms with Gasteiger partial charge in [0.05, 0.1) is 24.2 Å². The van der Waals surface area contributed by atoms with Crippen LogP contribution in [0.3, 0.4) is 0 Å². The second kappa shape index (κ2) is 14.0. The number of amidine groups is 1. The molecule has 1 aromatic heterocycles. The standard InChI is InChI=1S/C31H29F3N6O5S/c1-4-5-21-10-13-25(43-3)16-26(21)40-27(41)17-46-30(40)36-29(42)38-45-19(2)20-6-8-22(9-7-20)28-35-18-39(37-28)23-11-14-24(15-12-23)44-31(32,33)34/h6-16,18-19H,4-5,17H2,1-3H3,(H,38,42). The number of carbonyl (C=O) groups excluding carboxylic acids is 2. The van der Waals surface area contributed by atoms with Crippen LogP contribution in [0.5, 0.6) is 11.5 Å². The molecule has 46 heavy (non-hydrogen) atoms. The molecule has 2 heterocycles. The number of anilines is 1. The van der Waals surface area contributed by atoms with Crippen LogP contribution in [0.15, 0.2) is 78.0 Å². The van der Waals surface area contributed by atoms with Crippen LogP contribution < -0.4 is 19.9 Å². The summed E-state index contributed by atoms with van der Waals surface area (Å²) in [6.07, 6.45) is -2.27. The normalized spacial score (nSPS) is 14.9. The van der Waals surface area contributed by atoms with Crippen molar-refractivity contribution in [2.75, 3.05) is 17.8 Å². The van der Waals surface area contributed by atoms with Gasteiger partial charge in [0, 0.05) is 11.6 Å². The molecule has 1 saturated heterocycles. The summed E-state index contributed by atoms with van der Waals surface area (Å²) in [5, 5.41) is 4.64. The molecule has 1 N–H and O–H groups in total. The number of nitrogens with zero attached hydrogens (tertiary/aromatic N) is 5. The van der Waals surface area contributed by atoms with E-state index in [1.54, 1.807) is 44.4 Å². The Bertz CT molecular complexity index is 1730. The number of rotatable bonds is 10. The summed E-state index contributed by atoms with van der Waals surface area (Å²) in [5.41, 5.74) is 5.83. The van der Waals surface area contributed by atoms with E-state index in [2.05, 4.69) is 25.3 Å². The Labute approximate surface area is 266 Å². The van der Waals surface area contributed by atoms with Crippen LogP contribution in [0.25, 0.3) is 17.1 Å². The van der Waals surface area contributed by atoms with Crippen LogP contribution in [-0.2, 0) is 16.1 Å². The zero-order valence-corrected chi connectivity index (χ0v) is 25.8. The maximum absolute atomic E-state index is 12.8. The van der Waals surface area contributed by atoms with Crippen LogP contribution in [0, 0.1) is 0 Å². The fourth-order valence-corrected chi connectivity index (χ4v) is 5.44. The van der Waals surface area contributed by atoms with E-state index in [1.807, 2.05) is 19.1 Å². The molecule has 1 aliphatic heterocycles. The highest BCUT2D eigenvalue weighted by molar-refractivity contribution is 8.15. The third-order valence-electron chi connectivity index (χ3n) is 6.80. The van der Waals surface area contributed by atoms with Gasteiger partial charge in [-0.2, -0.15) is 4.99 Å². The molecule has 1 aliphatic rings. The third kappa shape index (κ3) is 7.84. The Morgan fingerprint density at radius 1 is 1.09 bits per heavy atom. The first-order valence-corrected chi connectivity index (χ1v) is 15.1. The SMILES string of the molecule is CCCc1ccc(OC)cc1N1C(=O)CSC1=NC(=O)NOC(C)c1ccc(-c2ncn(-c3ccc(OC(F)(F)F)cc3)n2)cc1. The van der Waals surface area contributed by atoms with Crippen LogP contribution in [-0.4, -0.2) is 51.1 Å². The number of alkyl halides is 3. The molecule has 15 heteroatoms. The highest BCUT2D eigenvalue weighted by Crippen LogP contribution is 2.33. The maximum Gasteiger partial charge on any atom is 0.573 e. The lowest BCUT2D eigenvalue weighted by Crippen LogP contribution is -2.32. The number of carbonyl (C=O) groups is 2. The van der Waals surface area contributed by atoms with Crippen molar-refractivity contribution in [3.05, 3.63) is 84.2 Å². The Hall–Kier alpha value is -4.89. The average molecular weight is 655 g/mol. The monoisotopic (exact) mass is 654 g/mol. The van der Waals surface area contributed by atoms with Gasteiger partial charge < -0.3 is 9.47 Å². The number of thioether (sulfide) groups is 1. The van der Waals surface area contributed by atoms with Crippen molar-refractivity contribution < 1.29 is 37.1 Å².